The smallest absolute Gasteiger partial charge is 0.221 e. The minimum Gasteiger partial charge on any atom is -0.436 e. The lowest BCUT2D eigenvalue weighted by molar-refractivity contribution is 0.463. The molecule has 2 aromatic rings. The molecule has 0 aliphatic carbocycles. The second-order valence-corrected chi connectivity index (χ2v) is 3.08. The van der Waals surface area contributed by atoms with E-state index in [4.69, 9.17) is 16.2 Å². The fraction of sp³-hybridized carbons (Fsp3) is 0.111. The van der Waals surface area contributed by atoms with Gasteiger partial charge in [0.15, 0.2) is 11.6 Å². The van der Waals surface area contributed by atoms with Gasteiger partial charge in [0.1, 0.15) is 0 Å². The summed E-state index contributed by atoms with van der Waals surface area (Å²) in [4.78, 5) is 3.97. The van der Waals surface area contributed by atoms with Crippen LogP contribution >= 0.6 is 0 Å². The van der Waals surface area contributed by atoms with E-state index < -0.39 is 0 Å². The topological polar surface area (TPSA) is 92.0 Å². The normalized spacial score (nSPS) is 10.2. The average molecular weight is 205 g/mol. The average Bonchev–Trinajstić information content (AvgIpc) is 2.58. The Kier molecular flexibility index (Phi) is 2.17. The van der Waals surface area contributed by atoms with E-state index in [-0.39, 0.29) is 5.82 Å². The molecule has 4 N–H and O–H groups in total. The first-order chi connectivity index (χ1) is 7.15. The predicted octanol–water partition coefficient (Wildman–Crippen LogP) is 0.772. The highest BCUT2D eigenvalue weighted by Crippen LogP contribution is 2.21. The van der Waals surface area contributed by atoms with Crippen LogP contribution in [0.4, 0.5) is 11.5 Å². The van der Waals surface area contributed by atoms with Crippen molar-refractivity contribution < 1.29 is 4.74 Å². The molecule has 0 spiro atoms. The van der Waals surface area contributed by atoms with Crippen molar-refractivity contribution in [3.8, 4) is 11.6 Å². The number of hydrogen-bond donors (Lipinski definition) is 2. The maximum atomic E-state index is 5.54. The van der Waals surface area contributed by atoms with Crippen LogP contribution in [0.25, 0.3) is 0 Å². The number of anilines is 2. The van der Waals surface area contributed by atoms with Crippen molar-refractivity contribution in [3.63, 3.8) is 0 Å². The number of ether oxygens (including phenoxy) is 1. The molecule has 78 valence electrons. The van der Waals surface area contributed by atoms with Crippen LogP contribution < -0.4 is 16.2 Å². The van der Waals surface area contributed by atoms with E-state index in [0.29, 0.717) is 17.3 Å². The molecule has 2 rings (SSSR count). The van der Waals surface area contributed by atoms with Gasteiger partial charge in [-0.15, -0.1) is 0 Å². The minimum absolute atomic E-state index is 0.261. The summed E-state index contributed by atoms with van der Waals surface area (Å²) in [5, 5.41) is 3.96. The molecule has 6 nitrogen and oxygen atoms in total. The Morgan fingerprint density at radius 2 is 2.13 bits per heavy atom. The third kappa shape index (κ3) is 1.98. The fourth-order valence-electron chi connectivity index (χ4n) is 1.10. The maximum absolute atomic E-state index is 5.54. The zero-order valence-electron chi connectivity index (χ0n) is 8.21. The molecule has 0 unspecified atom stereocenters. The molecule has 0 saturated heterocycles. The number of hydrogen-bond acceptors (Lipinski definition) is 5. The van der Waals surface area contributed by atoms with Crippen LogP contribution in [-0.4, -0.2) is 14.8 Å². The lowest BCUT2D eigenvalue weighted by Gasteiger charge is -2.03. The van der Waals surface area contributed by atoms with Gasteiger partial charge >= 0.3 is 0 Å². The lowest BCUT2D eigenvalue weighted by Crippen LogP contribution is -1.98. The molecule has 0 amide bonds. The first-order valence-electron chi connectivity index (χ1n) is 4.33. The molecule has 0 fully saturated rings. The van der Waals surface area contributed by atoms with E-state index in [1.165, 1.54) is 0 Å². The van der Waals surface area contributed by atoms with Crippen LogP contribution in [0.1, 0.15) is 0 Å². The van der Waals surface area contributed by atoms with Gasteiger partial charge < -0.3 is 16.2 Å². The quantitative estimate of drug-likeness (QED) is 0.755. The standard InChI is InChI=1S/C9H11N5O/c1-14-5-6(4-12-14)15-8-3-2-7(10)9(11)13-8/h2-5H,10H2,1H3,(H2,11,13). The van der Waals surface area contributed by atoms with E-state index in [1.54, 1.807) is 36.3 Å². The Morgan fingerprint density at radius 3 is 2.73 bits per heavy atom. The molecule has 0 aliphatic heterocycles. The maximum Gasteiger partial charge on any atom is 0.221 e. The Hall–Kier alpha value is -2.24. The van der Waals surface area contributed by atoms with Crippen LogP contribution in [0.3, 0.4) is 0 Å². The van der Waals surface area contributed by atoms with Gasteiger partial charge in [-0.05, 0) is 6.07 Å². The Bertz CT molecular complexity index is 479. The van der Waals surface area contributed by atoms with E-state index >= 15 is 0 Å². The zero-order valence-corrected chi connectivity index (χ0v) is 8.21. The van der Waals surface area contributed by atoms with Gasteiger partial charge in [0.05, 0.1) is 18.1 Å². The number of nitrogen functional groups attached to an aromatic ring is 2. The highest BCUT2D eigenvalue weighted by molar-refractivity contribution is 5.58. The summed E-state index contributed by atoms with van der Waals surface area (Å²) >= 11 is 0. The summed E-state index contributed by atoms with van der Waals surface area (Å²) in [7, 11) is 1.80. The highest BCUT2D eigenvalue weighted by atomic mass is 16.5. The molecule has 0 saturated carbocycles. The molecule has 0 aromatic carbocycles. The van der Waals surface area contributed by atoms with Gasteiger partial charge in [-0.2, -0.15) is 10.1 Å². The van der Waals surface area contributed by atoms with Crippen molar-refractivity contribution in [2.45, 2.75) is 0 Å². The molecular formula is C9H11N5O. The summed E-state index contributed by atoms with van der Waals surface area (Å²) in [5.41, 5.74) is 11.5. The molecule has 0 bridgehead atoms. The van der Waals surface area contributed by atoms with Crippen molar-refractivity contribution >= 4 is 11.5 Å². The number of nitrogens with two attached hydrogens (primary N) is 2. The summed E-state index contributed by atoms with van der Waals surface area (Å²) in [6, 6.07) is 3.30. The highest BCUT2D eigenvalue weighted by Gasteiger charge is 2.03. The molecule has 0 atom stereocenters. The number of aromatic nitrogens is 3. The predicted molar refractivity (Wildman–Crippen MR) is 56.3 cm³/mol. The van der Waals surface area contributed by atoms with Crippen molar-refractivity contribution in [1.82, 2.24) is 14.8 Å². The molecule has 2 aromatic heterocycles. The minimum atomic E-state index is 0.261. The van der Waals surface area contributed by atoms with Crippen LogP contribution in [0.5, 0.6) is 11.6 Å². The van der Waals surface area contributed by atoms with Crippen molar-refractivity contribution in [2.24, 2.45) is 7.05 Å². The van der Waals surface area contributed by atoms with Gasteiger partial charge in [0, 0.05) is 13.1 Å². The first kappa shape index (κ1) is 9.32. The zero-order chi connectivity index (χ0) is 10.8. The van der Waals surface area contributed by atoms with E-state index in [2.05, 4.69) is 10.1 Å². The Balaban J connectivity index is 2.21. The first-order valence-corrected chi connectivity index (χ1v) is 4.33. The Morgan fingerprint density at radius 1 is 1.33 bits per heavy atom. The fourth-order valence-corrected chi connectivity index (χ4v) is 1.10. The number of rotatable bonds is 2. The van der Waals surface area contributed by atoms with E-state index in [0.717, 1.165) is 0 Å². The van der Waals surface area contributed by atoms with Crippen LogP contribution in [0.15, 0.2) is 24.5 Å². The summed E-state index contributed by atoms with van der Waals surface area (Å²) in [5.74, 6) is 1.26. The van der Waals surface area contributed by atoms with Gasteiger partial charge in [0.2, 0.25) is 5.88 Å². The molecular weight excluding hydrogens is 194 g/mol. The lowest BCUT2D eigenvalue weighted by atomic mass is 10.4. The molecule has 0 radical (unpaired) electrons. The summed E-state index contributed by atoms with van der Waals surface area (Å²) in [6.45, 7) is 0. The molecule has 2 heterocycles. The number of pyridine rings is 1. The summed E-state index contributed by atoms with van der Waals surface area (Å²) in [6.07, 6.45) is 3.32. The van der Waals surface area contributed by atoms with Gasteiger partial charge in [-0.3, -0.25) is 4.68 Å². The monoisotopic (exact) mass is 205 g/mol. The van der Waals surface area contributed by atoms with E-state index in [1.807, 2.05) is 0 Å². The SMILES string of the molecule is Cn1cc(Oc2ccc(N)c(N)n2)cn1. The molecule has 15 heavy (non-hydrogen) atoms. The van der Waals surface area contributed by atoms with Crippen LogP contribution in [0.2, 0.25) is 0 Å². The van der Waals surface area contributed by atoms with Gasteiger partial charge in [-0.1, -0.05) is 0 Å². The van der Waals surface area contributed by atoms with Gasteiger partial charge in [0.25, 0.3) is 0 Å². The van der Waals surface area contributed by atoms with E-state index in [9.17, 15) is 0 Å². The second-order valence-electron chi connectivity index (χ2n) is 3.08. The number of nitrogens with zero attached hydrogens (tertiary/aromatic N) is 3. The van der Waals surface area contributed by atoms with Crippen molar-refractivity contribution in [1.29, 1.82) is 0 Å². The third-order valence-corrected chi connectivity index (χ3v) is 1.84. The second kappa shape index (κ2) is 3.49. The largest absolute Gasteiger partial charge is 0.436 e. The van der Waals surface area contributed by atoms with Crippen LogP contribution in [0, 0.1) is 0 Å². The van der Waals surface area contributed by atoms with Gasteiger partial charge in [-0.25, -0.2) is 0 Å². The Labute approximate surface area is 86.5 Å². The molecule has 0 aliphatic rings. The summed E-state index contributed by atoms with van der Waals surface area (Å²) < 4.78 is 7.04. The third-order valence-electron chi connectivity index (χ3n) is 1.84. The number of aryl methyl sites for hydroxylation is 1. The van der Waals surface area contributed by atoms with Crippen LogP contribution in [-0.2, 0) is 7.05 Å². The van der Waals surface area contributed by atoms with Crippen molar-refractivity contribution in [2.75, 3.05) is 11.5 Å². The molecule has 6 heteroatoms. The van der Waals surface area contributed by atoms with Crippen molar-refractivity contribution in [3.05, 3.63) is 24.5 Å².